The van der Waals surface area contributed by atoms with Crippen molar-refractivity contribution in [2.45, 2.75) is 19.4 Å². The summed E-state index contributed by atoms with van der Waals surface area (Å²) in [6.45, 7) is 2.53. The molecular formula is C13H16N6O3. The van der Waals surface area contributed by atoms with Crippen molar-refractivity contribution in [1.82, 2.24) is 25.6 Å². The van der Waals surface area contributed by atoms with Gasteiger partial charge in [0.2, 0.25) is 17.6 Å². The molecule has 0 aromatic carbocycles. The molecule has 1 amide bonds. The number of hydrogen-bond donors (Lipinski definition) is 2. The van der Waals surface area contributed by atoms with Crippen molar-refractivity contribution in [1.29, 1.82) is 0 Å². The number of H-pyrrole nitrogens is 1. The van der Waals surface area contributed by atoms with Gasteiger partial charge in [0.15, 0.2) is 0 Å². The van der Waals surface area contributed by atoms with Gasteiger partial charge >= 0.3 is 0 Å². The fraction of sp³-hybridized carbons (Fsp3) is 0.462. The molecule has 0 aliphatic heterocycles. The number of anilines is 1. The Morgan fingerprint density at radius 1 is 1.55 bits per heavy atom. The Hall–Kier alpha value is -2.55. The van der Waals surface area contributed by atoms with Gasteiger partial charge in [0.25, 0.3) is 0 Å². The normalized spacial score (nSPS) is 19.7. The number of rotatable bonds is 6. The smallest absolute Gasteiger partial charge is 0.230 e. The van der Waals surface area contributed by atoms with Crippen LogP contribution in [0.5, 0.6) is 5.88 Å². The lowest BCUT2D eigenvalue weighted by molar-refractivity contribution is -0.118. The quantitative estimate of drug-likeness (QED) is 0.804. The maximum absolute atomic E-state index is 12.1. The van der Waals surface area contributed by atoms with Crippen LogP contribution in [0.25, 0.3) is 11.4 Å². The van der Waals surface area contributed by atoms with E-state index < -0.39 is 0 Å². The first-order chi connectivity index (χ1) is 10.7. The summed E-state index contributed by atoms with van der Waals surface area (Å²) in [6.07, 6.45) is 2.30. The molecule has 2 unspecified atom stereocenters. The maximum atomic E-state index is 12.1. The van der Waals surface area contributed by atoms with Crippen LogP contribution in [0.1, 0.15) is 13.3 Å². The molecule has 9 nitrogen and oxygen atoms in total. The van der Waals surface area contributed by atoms with Crippen molar-refractivity contribution in [2.24, 2.45) is 5.92 Å². The molecule has 2 heterocycles. The van der Waals surface area contributed by atoms with E-state index in [1.54, 1.807) is 6.07 Å². The zero-order chi connectivity index (χ0) is 15.5. The van der Waals surface area contributed by atoms with Crippen LogP contribution in [0.3, 0.4) is 0 Å². The number of pyridine rings is 1. The molecule has 0 radical (unpaired) electrons. The molecule has 1 aliphatic rings. The van der Waals surface area contributed by atoms with Crippen LogP contribution in [-0.4, -0.2) is 51.3 Å². The third-order valence-corrected chi connectivity index (χ3v) is 3.35. The molecule has 2 aromatic heterocycles. The van der Waals surface area contributed by atoms with Gasteiger partial charge in [-0.05, 0) is 24.6 Å². The van der Waals surface area contributed by atoms with Crippen LogP contribution in [-0.2, 0) is 9.53 Å². The van der Waals surface area contributed by atoms with Gasteiger partial charge < -0.3 is 14.8 Å². The van der Waals surface area contributed by atoms with Gasteiger partial charge in [0, 0.05) is 6.61 Å². The molecule has 1 fully saturated rings. The second-order valence-electron chi connectivity index (χ2n) is 4.84. The van der Waals surface area contributed by atoms with E-state index >= 15 is 0 Å². The van der Waals surface area contributed by atoms with Gasteiger partial charge in [-0.3, -0.25) is 4.79 Å². The van der Waals surface area contributed by atoms with Crippen molar-refractivity contribution < 1.29 is 14.3 Å². The van der Waals surface area contributed by atoms with Gasteiger partial charge in [0.05, 0.1) is 36.6 Å². The summed E-state index contributed by atoms with van der Waals surface area (Å²) in [5, 5.41) is 16.5. The summed E-state index contributed by atoms with van der Waals surface area (Å²) in [5.74, 6) is 0.525. The number of nitrogens with zero attached hydrogens (tertiary/aromatic N) is 4. The first-order valence-electron chi connectivity index (χ1n) is 6.93. The second-order valence-corrected chi connectivity index (χ2v) is 4.84. The van der Waals surface area contributed by atoms with Crippen LogP contribution >= 0.6 is 0 Å². The molecule has 0 bridgehead atoms. The highest BCUT2D eigenvalue weighted by Crippen LogP contribution is 2.35. The third-order valence-electron chi connectivity index (χ3n) is 3.35. The van der Waals surface area contributed by atoms with E-state index in [0.717, 1.165) is 6.42 Å². The summed E-state index contributed by atoms with van der Waals surface area (Å²) in [7, 11) is 1.50. The monoisotopic (exact) mass is 304 g/mol. The summed E-state index contributed by atoms with van der Waals surface area (Å²) >= 11 is 0. The highest BCUT2D eigenvalue weighted by Gasteiger charge is 2.44. The number of ether oxygens (including phenoxy) is 2. The Balaban J connectivity index is 1.75. The van der Waals surface area contributed by atoms with Crippen molar-refractivity contribution >= 4 is 11.6 Å². The molecule has 0 spiro atoms. The molecule has 0 saturated heterocycles. The SMILES string of the molecule is CCOC1CC1C(=O)Nc1cnc(OC)c(-c2nn[nH]n2)c1. The minimum atomic E-state index is -0.101. The van der Waals surface area contributed by atoms with Crippen LogP contribution < -0.4 is 10.1 Å². The zero-order valence-corrected chi connectivity index (χ0v) is 12.2. The number of amides is 1. The number of tetrazole rings is 1. The molecule has 2 aromatic rings. The van der Waals surface area contributed by atoms with Gasteiger partial charge in [-0.1, -0.05) is 0 Å². The van der Waals surface area contributed by atoms with E-state index in [9.17, 15) is 4.79 Å². The topological polar surface area (TPSA) is 115 Å². The molecule has 116 valence electrons. The zero-order valence-electron chi connectivity index (χ0n) is 12.2. The summed E-state index contributed by atoms with van der Waals surface area (Å²) in [6, 6.07) is 1.70. The number of nitrogens with one attached hydrogen (secondary N) is 2. The maximum Gasteiger partial charge on any atom is 0.230 e. The summed E-state index contributed by atoms with van der Waals surface area (Å²) < 4.78 is 10.6. The van der Waals surface area contributed by atoms with Crippen molar-refractivity contribution in [2.75, 3.05) is 19.0 Å². The predicted octanol–water partition coefficient (Wildman–Crippen LogP) is 0.634. The number of aromatic nitrogens is 5. The fourth-order valence-electron chi connectivity index (χ4n) is 2.20. The molecule has 2 atom stereocenters. The predicted molar refractivity (Wildman–Crippen MR) is 76.1 cm³/mol. The number of methoxy groups -OCH3 is 1. The molecule has 22 heavy (non-hydrogen) atoms. The minimum absolute atomic E-state index is 0.0212. The number of aromatic amines is 1. The standard InChI is InChI=1S/C13H16N6O3/c1-3-22-10-5-8(10)12(20)15-7-4-9(11-16-18-19-17-11)13(21-2)14-6-7/h4,6,8,10H,3,5H2,1-2H3,(H,15,20)(H,16,17,18,19). The van der Waals surface area contributed by atoms with E-state index in [4.69, 9.17) is 9.47 Å². The van der Waals surface area contributed by atoms with Crippen molar-refractivity contribution in [3.63, 3.8) is 0 Å². The average Bonchev–Trinajstić information content (AvgIpc) is 3.09. The number of hydrogen-bond acceptors (Lipinski definition) is 7. The molecule has 3 rings (SSSR count). The van der Waals surface area contributed by atoms with Crippen LogP contribution in [0, 0.1) is 5.92 Å². The number of carbonyl (C=O) groups excluding carboxylic acids is 1. The Labute approximate surface area is 126 Å². The molecule has 1 saturated carbocycles. The Bertz CT molecular complexity index is 660. The summed E-state index contributed by atoms with van der Waals surface area (Å²) in [5.41, 5.74) is 1.10. The average molecular weight is 304 g/mol. The summed E-state index contributed by atoms with van der Waals surface area (Å²) in [4.78, 5) is 16.3. The lowest BCUT2D eigenvalue weighted by atomic mass is 10.2. The van der Waals surface area contributed by atoms with Gasteiger partial charge in [-0.15, -0.1) is 10.2 Å². The van der Waals surface area contributed by atoms with Gasteiger partial charge in [-0.25, -0.2) is 4.98 Å². The number of carbonyl (C=O) groups is 1. The highest BCUT2D eigenvalue weighted by atomic mass is 16.5. The molecule has 9 heteroatoms. The lowest BCUT2D eigenvalue weighted by Gasteiger charge is -2.08. The molecular weight excluding hydrogens is 288 g/mol. The van der Waals surface area contributed by atoms with E-state index in [1.807, 2.05) is 6.92 Å². The fourth-order valence-corrected chi connectivity index (χ4v) is 2.20. The Morgan fingerprint density at radius 2 is 2.41 bits per heavy atom. The van der Waals surface area contributed by atoms with Crippen molar-refractivity contribution in [3.8, 4) is 17.3 Å². The van der Waals surface area contributed by atoms with Gasteiger partial charge in [-0.2, -0.15) is 5.21 Å². The molecule has 1 aliphatic carbocycles. The van der Waals surface area contributed by atoms with E-state index in [1.165, 1.54) is 13.3 Å². The van der Waals surface area contributed by atoms with E-state index in [2.05, 4.69) is 30.9 Å². The van der Waals surface area contributed by atoms with Crippen LogP contribution in [0.15, 0.2) is 12.3 Å². The second kappa shape index (κ2) is 6.06. The van der Waals surface area contributed by atoms with E-state index in [-0.39, 0.29) is 17.9 Å². The largest absolute Gasteiger partial charge is 0.480 e. The highest BCUT2D eigenvalue weighted by molar-refractivity contribution is 5.95. The first kappa shape index (κ1) is 14.4. The van der Waals surface area contributed by atoms with Crippen molar-refractivity contribution in [3.05, 3.63) is 12.3 Å². The molecule has 2 N–H and O–H groups in total. The van der Waals surface area contributed by atoms with E-state index in [0.29, 0.717) is 29.6 Å². The van der Waals surface area contributed by atoms with Crippen LogP contribution in [0.2, 0.25) is 0 Å². The Morgan fingerprint density at radius 3 is 3.09 bits per heavy atom. The lowest BCUT2D eigenvalue weighted by Crippen LogP contribution is -2.17. The minimum Gasteiger partial charge on any atom is -0.480 e. The van der Waals surface area contributed by atoms with Crippen LogP contribution in [0.4, 0.5) is 5.69 Å². The third kappa shape index (κ3) is 2.89. The Kier molecular flexibility index (Phi) is 3.96. The first-order valence-corrected chi connectivity index (χ1v) is 6.93. The van der Waals surface area contributed by atoms with Gasteiger partial charge in [0.1, 0.15) is 0 Å².